The molecule has 3 N–H and O–H groups in total. The van der Waals surface area contributed by atoms with Gasteiger partial charge in [0.05, 0.1) is 16.4 Å². The number of pyridine rings is 1. The summed E-state index contributed by atoms with van der Waals surface area (Å²) in [7, 11) is 0. The molecule has 0 saturated heterocycles. The molecule has 104 valence electrons. The van der Waals surface area contributed by atoms with Crippen molar-refractivity contribution in [3.8, 4) is 0 Å². The van der Waals surface area contributed by atoms with Crippen molar-refractivity contribution < 1.29 is 4.79 Å². The Hall–Kier alpha value is -1.43. The Balaban J connectivity index is 2.09. The minimum absolute atomic E-state index is 0.194. The zero-order valence-electron chi connectivity index (χ0n) is 10.6. The molecule has 0 fully saturated rings. The molecule has 6 heteroatoms. The van der Waals surface area contributed by atoms with Crippen LogP contribution >= 0.6 is 27.5 Å². The molecule has 2 aromatic rings. The zero-order valence-corrected chi connectivity index (χ0v) is 12.9. The second-order valence-electron chi connectivity index (χ2n) is 4.19. The maximum absolute atomic E-state index is 12.1. The molecule has 20 heavy (non-hydrogen) atoms. The van der Waals surface area contributed by atoms with Crippen LogP contribution in [0.1, 0.15) is 15.9 Å². The number of hydrogen-bond acceptors (Lipinski definition) is 3. The van der Waals surface area contributed by atoms with Gasteiger partial charge in [-0.25, -0.2) is 4.98 Å². The molecule has 0 aliphatic heterocycles. The summed E-state index contributed by atoms with van der Waals surface area (Å²) in [5.41, 5.74) is 7.76. The number of nitrogens with one attached hydrogen (secondary N) is 1. The van der Waals surface area contributed by atoms with Gasteiger partial charge in [-0.05, 0) is 52.7 Å². The molecule has 0 radical (unpaired) electrons. The molecule has 0 bridgehead atoms. The number of amides is 1. The number of benzene rings is 1. The van der Waals surface area contributed by atoms with Crippen molar-refractivity contribution in [1.29, 1.82) is 0 Å². The third-order valence-corrected chi connectivity index (χ3v) is 3.84. The summed E-state index contributed by atoms with van der Waals surface area (Å²) in [4.78, 5) is 16.0. The highest BCUT2D eigenvalue weighted by Crippen LogP contribution is 2.23. The van der Waals surface area contributed by atoms with Crippen molar-refractivity contribution in [2.45, 2.75) is 6.42 Å². The quantitative estimate of drug-likeness (QED) is 0.828. The van der Waals surface area contributed by atoms with Gasteiger partial charge in [0, 0.05) is 5.56 Å². The van der Waals surface area contributed by atoms with Crippen molar-refractivity contribution in [1.82, 2.24) is 4.98 Å². The molecule has 2 rings (SSSR count). The lowest BCUT2D eigenvalue weighted by molar-refractivity contribution is 0.102. The van der Waals surface area contributed by atoms with E-state index in [4.69, 9.17) is 17.3 Å². The summed E-state index contributed by atoms with van der Waals surface area (Å²) in [6.07, 6.45) is 2.31. The van der Waals surface area contributed by atoms with Gasteiger partial charge in [0.1, 0.15) is 5.15 Å². The molecule has 0 spiro atoms. The number of hydrogen-bond donors (Lipinski definition) is 2. The summed E-state index contributed by atoms with van der Waals surface area (Å²) in [5, 5.41) is 3.12. The Labute approximate surface area is 130 Å². The lowest BCUT2D eigenvalue weighted by Gasteiger charge is -2.06. The molecule has 0 saturated carbocycles. The maximum atomic E-state index is 12.1. The first-order chi connectivity index (χ1) is 9.60. The topological polar surface area (TPSA) is 68.0 Å². The van der Waals surface area contributed by atoms with Crippen LogP contribution in [0.4, 0.5) is 5.69 Å². The molecule has 1 heterocycles. The van der Waals surface area contributed by atoms with Crippen LogP contribution in [0.5, 0.6) is 0 Å². The molecule has 1 amide bonds. The first-order valence-electron chi connectivity index (χ1n) is 6.01. The van der Waals surface area contributed by atoms with Gasteiger partial charge in [0.15, 0.2) is 0 Å². The van der Waals surface area contributed by atoms with E-state index in [-0.39, 0.29) is 5.91 Å². The fourth-order valence-electron chi connectivity index (χ4n) is 1.68. The van der Waals surface area contributed by atoms with Crippen LogP contribution in [0.25, 0.3) is 0 Å². The smallest absolute Gasteiger partial charge is 0.255 e. The number of rotatable bonds is 4. The Morgan fingerprint density at radius 1 is 1.35 bits per heavy atom. The fraction of sp³-hybridized carbons (Fsp3) is 0.143. The van der Waals surface area contributed by atoms with Crippen LogP contribution in [0, 0.1) is 0 Å². The minimum atomic E-state index is -0.194. The third kappa shape index (κ3) is 3.79. The summed E-state index contributed by atoms with van der Waals surface area (Å²) in [6.45, 7) is 0.593. The van der Waals surface area contributed by atoms with Crippen LogP contribution in [-0.2, 0) is 6.42 Å². The molecule has 0 atom stereocenters. The number of carbonyl (C=O) groups excluding carboxylic acids is 1. The Morgan fingerprint density at radius 3 is 2.65 bits per heavy atom. The second-order valence-corrected chi connectivity index (χ2v) is 5.40. The predicted octanol–water partition coefficient (Wildman–Crippen LogP) is 3.25. The molecule has 0 unspecified atom stereocenters. The van der Waals surface area contributed by atoms with Crippen LogP contribution in [0.3, 0.4) is 0 Å². The molecular formula is C14H13BrClN3O. The van der Waals surface area contributed by atoms with Gasteiger partial charge in [-0.1, -0.05) is 23.7 Å². The van der Waals surface area contributed by atoms with E-state index in [1.165, 1.54) is 6.20 Å². The third-order valence-electron chi connectivity index (χ3n) is 2.70. The monoisotopic (exact) mass is 353 g/mol. The van der Waals surface area contributed by atoms with Gasteiger partial charge in [0.25, 0.3) is 5.91 Å². The normalized spacial score (nSPS) is 10.3. The molecule has 1 aromatic carbocycles. The number of nitrogens with two attached hydrogens (primary N) is 1. The summed E-state index contributed by atoms with van der Waals surface area (Å²) < 4.78 is 0.635. The van der Waals surface area contributed by atoms with Crippen molar-refractivity contribution in [2.75, 3.05) is 11.9 Å². The van der Waals surface area contributed by atoms with Gasteiger partial charge in [0.2, 0.25) is 0 Å². The van der Waals surface area contributed by atoms with E-state index in [1.54, 1.807) is 18.2 Å². The van der Waals surface area contributed by atoms with Crippen molar-refractivity contribution in [3.05, 3.63) is 57.3 Å². The highest BCUT2D eigenvalue weighted by atomic mass is 79.9. The van der Waals surface area contributed by atoms with Crippen molar-refractivity contribution in [3.63, 3.8) is 0 Å². The number of nitrogens with zero attached hydrogens (tertiary/aromatic N) is 1. The SMILES string of the molecule is NCCc1ccc(C(=O)Nc2cnc(Cl)c(Br)c2)cc1. The summed E-state index contributed by atoms with van der Waals surface area (Å²) in [6, 6.07) is 9.06. The van der Waals surface area contributed by atoms with Crippen LogP contribution in [0.2, 0.25) is 5.15 Å². The number of carbonyl (C=O) groups is 1. The Kier molecular flexibility index (Phi) is 5.11. The maximum Gasteiger partial charge on any atom is 0.255 e. The molecule has 4 nitrogen and oxygen atoms in total. The van der Waals surface area contributed by atoms with E-state index in [0.717, 1.165) is 12.0 Å². The average Bonchev–Trinajstić information content (AvgIpc) is 2.44. The van der Waals surface area contributed by atoms with Gasteiger partial charge in [-0.2, -0.15) is 0 Å². The highest BCUT2D eigenvalue weighted by Gasteiger charge is 2.07. The largest absolute Gasteiger partial charge is 0.330 e. The van der Waals surface area contributed by atoms with E-state index in [1.807, 2.05) is 12.1 Å². The molecular weight excluding hydrogens is 342 g/mol. The van der Waals surface area contributed by atoms with E-state index in [0.29, 0.717) is 27.4 Å². The average molecular weight is 355 g/mol. The standard InChI is InChI=1S/C14H13BrClN3O/c15-12-7-11(8-18-13(12)16)19-14(20)10-3-1-9(2-4-10)5-6-17/h1-4,7-8H,5-6,17H2,(H,19,20). The fourth-order valence-corrected chi connectivity index (χ4v) is 2.13. The number of halogens is 2. The van der Waals surface area contributed by atoms with E-state index >= 15 is 0 Å². The van der Waals surface area contributed by atoms with E-state index < -0.39 is 0 Å². The van der Waals surface area contributed by atoms with Crippen molar-refractivity contribution >= 4 is 39.1 Å². The minimum Gasteiger partial charge on any atom is -0.330 e. The van der Waals surface area contributed by atoms with E-state index in [9.17, 15) is 4.79 Å². The highest BCUT2D eigenvalue weighted by molar-refractivity contribution is 9.10. The van der Waals surface area contributed by atoms with Gasteiger partial charge < -0.3 is 11.1 Å². The first kappa shape index (κ1) is 15.0. The van der Waals surface area contributed by atoms with Gasteiger partial charge >= 0.3 is 0 Å². The summed E-state index contributed by atoms with van der Waals surface area (Å²) in [5.74, 6) is -0.194. The Morgan fingerprint density at radius 2 is 2.05 bits per heavy atom. The van der Waals surface area contributed by atoms with E-state index in [2.05, 4.69) is 26.2 Å². The van der Waals surface area contributed by atoms with Crippen molar-refractivity contribution in [2.24, 2.45) is 5.73 Å². The first-order valence-corrected chi connectivity index (χ1v) is 7.18. The zero-order chi connectivity index (χ0) is 14.5. The lowest BCUT2D eigenvalue weighted by atomic mass is 10.1. The summed E-state index contributed by atoms with van der Waals surface area (Å²) >= 11 is 9.06. The van der Waals surface area contributed by atoms with Gasteiger partial charge in [-0.3, -0.25) is 4.79 Å². The second kappa shape index (κ2) is 6.83. The van der Waals surface area contributed by atoms with Crippen LogP contribution in [-0.4, -0.2) is 17.4 Å². The predicted molar refractivity (Wildman–Crippen MR) is 84.1 cm³/mol. The number of aromatic nitrogens is 1. The Bertz CT molecular complexity index is 616. The lowest BCUT2D eigenvalue weighted by Crippen LogP contribution is -2.12. The van der Waals surface area contributed by atoms with Crippen LogP contribution < -0.4 is 11.1 Å². The molecule has 0 aliphatic carbocycles. The number of anilines is 1. The van der Waals surface area contributed by atoms with Crippen LogP contribution in [0.15, 0.2) is 41.0 Å². The van der Waals surface area contributed by atoms with Gasteiger partial charge in [-0.15, -0.1) is 0 Å². The molecule has 1 aromatic heterocycles. The molecule has 0 aliphatic rings.